The molecule has 8 aromatic rings. The summed E-state index contributed by atoms with van der Waals surface area (Å²) in [4.78, 5) is 17.2. The normalized spacial score (nSPS) is 10.3. The SMILES string of the molecule is Clc1c2ccccc2nc2ccccc12.Nc1cccnc1.[H-].[Na+].c1cncc(Nc2c3ccccc3nc3ccccc23)c1. The van der Waals surface area contributed by atoms with Crippen LogP contribution in [0.3, 0.4) is 0 Å². The fraction of sp³-hybridized carbons (Fsp3) is 0. The van der Waals surface area contributed by atoms with Crippen molar-refractivity contribution in [3.8, 4) is 0 Å². The number of nitrogens with one attached hydrogen (secondary N) is 1. The van der Waals surface area contributed by atoms with Crippen molar-refractivity contribution in [2.45, 2.75) is 0 Å². The van der Waals surface area contributed by atoms with Gasteiger partial charge in [-0.25, -0.2) is 9.97 Å². The summed E-state index contributed by atoms with van der Waals surface area (Å²) in [5, 5.41) is 8.52. The van der Waals surface area contributed by atoms with E-state index in [1.165, 1.54) is 0 Å². The van der Waals surface area contributed by atoms with Crippen LogP contribution in [0.25, 0.3) is 43.6 Å². The van der Waals surface area contributed by atoms with E-state index in [0.29, 0.717) is 5.69 Å². The van der Waals surface area contributed by atoms with Crippen molar-refractivity contribution in [1.29, 1.82) is 0 Å². The zero-order valence-electron chi connectivity index (χ0n) is 25.1. The van der Waals surface area contributed by atoms with Crippen LogP contribution in [-0.2, 0) is 0 Å². The molecule has 4 heterocycles. The molecule has 4 aromatic heterocycles. The van der Waals surface area contributed by atoms with Crippen molar-refractivity contribution in [1.82, 2.24) is 19.9 Å². The standard InChI is InChI=1S/C18H13N3.C13H8ClN.C5H6N2.Na.H/c1-3-9-16-14(7-1)18(20-13-6-5-11-19-12-13)15-8-2-4-10-17(15)21-16;14-13-9-5-1-3-7-11(9)15-12-8-4-2-6-10(12)13;6-5-2-1-3-7-4-5;;/h1-12H,(H,20,21);1-8H;1-4H,6H2;;/q;;;+1;-1. The van der Waals surface area contributed by atoms with Gasteiger partial charge in [-0.2, -0.15) is 0 Å². The Balaban J connectivity index is 0.000000168. The van der Waals surface area contributed by atoms with Crippen molar-refractivity contribution in [3.05, 3.63) is 151 Å². The molecule has 0 aliphatic rings. The van der Waals surface area contributed by atoms with Gasteiger partial charge in [0.15, 0.2) is 0 Å². The van der Waals surface area contributed by atoms with Crippen LogP contribution >= 0.6 is 11.6 Å². The second-order valence-electron chi connectivity index (χ2n) is 9.63. The van der Waals surface area contributed by atoms with Gasteiger partial charge < -0.3 is 12.5 Å². The molecule has 4 aromatic carbocycles. The van der Waals surface area contributed by atoms with Gasteiger partial charge in [-0.05, 0) is 48.5 Å². The predicted molar refractivity (Wildman–Crippen MR) is 181 cm³/mol. The Hall–Kier alpha value is -4.59. The third-order valence-electron chi connectivity index (χ3n) is 6.72. The van der Waals surface area contributed by atoms with E-state index in [-0.39, 0.29) is 31.0 Å². The summed E-state index contributed by atoms with van der Waals surface area (Å²) in [6.07, 6.45) is 6.90. The predicted octanol–water partition coefficient (Wildman–Crippen LogP) is 6.35. The Morgan fingerprint density at radius 1 is 0.523 bits per heavy atom. The van der Waals surface area contributed by atoms with E-state index in [2.05, 4.69) is 32.4 Å². The van der Waals surface area contributed by atoms with Crippen LogP contribution in [0, 0.1) is 0 Å². The first-order chi connectivity index (χ1) is 21.2. The summed E-state index contributed by atoms with van der Waals surface area (Å²) in [5.41, 5.74) is 11.9. The number of rotatable bonds is 2. The Bertz CT molecular complexity index is 2040. The van der Waals surface area contributed by atoms with Crippen LogP contribution in [0.15, 0.2) is 146 Å². The van der Waals surface area contributed by atoms with Gasteiger partial charge in [0.2, 0.25) is 0 Å². The summed E-state index contributed by atoms with van der Waals surface area (Å²) in [6, 6.07) is 39.7. The third kappa shape index (κ3) is 7.13. The van der Waals surface area contributed by atoms with Crippen molar-refractivity contribution in [2.75, 3.05) is 11.1 Å². The number of benzene rings is 4. The molecule has 8 heteroatoms. The minimum Gasteiger partial charge on any atom is -1.00 e. The van der Waals surface area contributed by atoms with Gasteiger partial charge in [0.1, 0.15) is 0 Å². The number of nitrogens with zero attached hydrogens (tertiary/aromatic N) is 4. The summed E-state index contributed by atoms with van der Waals surface area (Å²) in [5.74, 6) is 0. The van der Waals surface area contributed by atoms with Crippen molar-refractivity contribution < 1.29 is 31.0 Å². The fourth-order valence-electron chi connectivity index (χ4n) is 4.72. The molecule has 0 saturated carbocycles. The van der Waals surface area contributed by atoms with E-state index in [4.69, 9.17) is 22.3 Å². The largest absolute Gasteiger partial charge is 1.00 e. The molecule has 0 radical (unpaired) electrons. The number of aromatic nitrogens is 4. The smallest absolute Gasteiger partial charge is 1.00 e. The van der Waals surface area contributed by atoms with Gasteiger partial charge in [0.05, 0.1) is 50.3 Å². The maximum Gasteiger partial charge on any atom is 1.00 e. The molecule has 0 saturated heterocycles. The molecular formula is C36H28ClN6Na. The Kier molecular flexibility index (Phi) is 10.3. The number of nitrogen functional groups attached to an aromatic ring is 1. The number of nitrogens with two attached hydrogens (primary N) is 1. The molecule has 3 N–H and O–H groups in total. The minimum atomic E-state index is 0. The van der Waals surface area contributed by atoms with E-state index in [1.807, 2.05) is 103 Å². The number of fused-ring (bicyclic) bond motifs is 4. The van der Waals surface area contributed by atoms with E-state index in [1.54, 1.807) is 30.7 Å². The molecule has 0 fully saturated rings. The van der Waals surface area contributed by atoms with Crippen molar-refractivity contribution in [3.63, 3.8) is 0 Å². The molecule has 0 bridgehead atoms. The maximum absolute atomic E-state index is 6.33. The number of para-hydroxylation sites is 4. The Morgan fingerprint density at radius 2 is 0.955 bits per heavy atom. The molecule has 0 aliphatic carbocycles. The van der Waals surface area contributed by atoms with Crippen molar-refractivity contribution >= 4 is 72.3 Å². The quantitative estimate of drug-likeness (QED) is 0.177. The van der Waals surface area contributed by atoms with E-state index in [0.717, 1.165) is 60.0 Å². The zero-order chi connectivity index (χ0) is 29.4. The summed E-state index contributed by atoms with van der Waals surface area (Å²) < 4.78 is 0. The topological polar surface area (TPSA) is 89.6 Å². The molecule has 44 heavy (non-hydrogen) atoms. The second-order valence-corrected chi connectivity index (χ2v) is 10.0. The number of hydrogen-bond donors (Lipinski definition) is 2. The van der Waals surface area contributed by atoms with E-state index >= 15 is 0 Å². The molecule has 0 spiro atoms. The van der Waals surface area contributed by atoms with Gasteiger partial charge in [-0.1, -0.05) is 84.4 Å². The molecule has 0 atom stereocenters. The molecule has 0 aliphatic heterocycles. The zero-order valence-corrected chi connectivity index (χ0v) is 26.9. The van der Waals surface area contributed by atoms with Crippen LogP contribution in [0.5, 0.6) is 0 Å². The van der Waals surface area contributed by atoms with Crippen LogP contribution in [-0.4, -0.2) is 19.9 Å². The van der Waals surface area contributed by atoms with Crippen molar-refractivity contribution in [2.24, 2.45) is 0 Å². The van der Waals surface area contributed by atoms with Gasteiger partial charge in [0, 0.05) is 40.1 Å². The molecule has 210 valence electrons. The Morgan fingerprint density at radius 3 is 1.36 bits per heavy atom. The monoisotopic (exact) mass is 602 g/mol. The number of anilines is 3. The first-order valence-electron chi connectivity index (χ1n) is 13.7. The van der Waals surface area contributed by atoms with E-state index < -0.39 is 0 Å². The molecule has 0 unspecified atom stereocenters. The first-order valence-corrected chi connectivity index (χ1v) is 14.1. The third-order valence-corrected chi connectivity index (χ3v) is 7.13. The summed E-state index contributed by atoms with van der Waals surface area (Å²) in [7, 11) is 0. The molecule has 0 amide bonds. The Labute approximate surface area is 283 Å². The van der Waals surface area contributed by atoms with Gasteiger partial charge >= 0.3 is 29.6 Å². The number of halogens is 1. The molecular weight excluding hydrogens is 575 g/mol. The van der Waals surface area contributed by atoms with Crippen LogP contribution in [0.2, 0.25) is 5.02 Å². The molecule has 8 rings (SSSR count). The minimum absolute atomic E-state index is 0. The average molecular weight is 603 g/mol. The molecule has 6 nitrogen and oxygen atoms in total. The fourth-order valence-corrected chi connectivity index (χ4v) is 5.04. The van der Waals surface area contributed by atoms with E-state index in [9.17, 15) is 0 Å². The van der Waals surface area contributed by atoms with Crippen LogP contribution in [0.1, 0.15) is 1.43 Å². The van der Waals surface area contributed by atoms with Gasteiger partial charge in [-0.3, -0.25) is 9.97 Å². The second kappa shape index (κ2) is 14.7. The van der Waals surface area contributed by atoms with Crippen LogP contribution < -0.4 is 40.6 Å². The van der Waals surface area contributed by atoms with Crippen LogP contribution in [0.4, 0.5) is 17.1 Å². The average Bonchev–Trinajstić information content (AvgIpc) is 3.06. The number of hydrogen-bond acceptors (Lipinski definition) is 6. The maximum atomic E-state index is 6.33. The summed E-state index contributed by atoms with van der Waals surface area (Å²) in [6.45, 7) is 0. The first kappa shape index (κ1) is 30.9. The van der Waals surface area contributed by atoms with Gasteiger partial charge in [0.25, 0.3) is 0 Å². The summed E-state index contributed by atoms with van der Waals surface area (Å²) >= 11 is 6.33. The van der Waals surface area contributed by atoms with Gasteiger partial charge in [-0.15, -0.1) is 0 Å². The number of pyridine rings is 4.